The average Bonchev–Trinajstić information content (AvgIpc) is 3.49. The van der Waals surface area contributed by atoms with Crippen LogP contribution in [0.25, 0.3) is 5.65 Å². The van der Waals surface area contributed by atoms with Gasteiger partial charge in [0.2, 0.25) is 0 Å². The van der Waals surface area contributed by atoms with E-state index in [2.05, 4.69) is 15.4 Å². The third-order valence-corrected chi connectivity index (χ3v) is 5.39. The van der Waals surface area contributed by atoms with Gasteiger partial charge in [-0.15, -0.1) is 0 Å². The lowest BCUT2D eigenvalue weighted by atomic mass is 10.1. The molecule has 0 bridgehead atoms. The van der Waals surface area contributed by atoms with Crippen LogP contribution in [0.5, 0.6) is 0 Å². The van der Waals surface area contributed by atoms with E-state index in [-0.39, 0.29) is 24.5 Å². The van der Waals surface area contributed by atoms with Crippen LogP contribution in [0.3, 0.4) is 0 Å². The molecule has 0 spiro atoms. The topological polar surface area (TPSA) is 95.7 Å². The van der Waals surface area contributed by atoms with Crippen LogP contribution in [0.2, 0.25) is 0 Å². The van der Waals surface area contributed by atoms with E-state index in [1.807, 2.05) is 20.0 Å². The number of nitrogens with one attached hydrogen (secondary N) is 1. The number of amides is 1. The molecule has 4 rings (SSSR count). The zero-order chi connectivity index (χ0) is 20.5. The predicted molar refractivity (Wildman–Crippen MR) is 111 cm³/mol. The number of anilines is 2. The van der Waals surface area contributed by atoms with Gasteiger partial charge in [0.25, 0.3) is 5.91 Å². The summed E-state index contributed by atoms with van der Waals surface area (Å²) in [6.07, 6.45) is 7.30. The second-order valence-corrected chi connectivity index (χ2v) is 7.89. The Morgan fingerprint density at radius 1 is 1.38 bits per heavy atom. The zero-order valence-electron chi connectivity index (χ0n) is 16.9. The van der Waals surface area contributed by atoms with E-state index in [0.717, 1.165) is 24.1 Å². The summed E-state index contributed by atoms with van der Waals surface area (Å²) < 4.78 is 1.72. The van der Waals surface area contributed by atoms with Crippen LogP contribution in [0.1, 0.15) is 48.5 Å². The number of hydrogen-bond acceptors (Lipinski definition) is 6. The summed E-state index contributed by atoms with van der Waals surface area (Å²) in [5, 5.41) is 17.6. The van der Waals surface area contributed by atoms with Gasteiger partial charge in [-0.1, -0.05) is 13.8 Å². The maximum absolute atomic E-state index is 13.0. The van der Waals surface area contributed by atoms with E-state index >= 15 is 0 Å². The number of rotatable bonds is 7. The molecule has 29 heavy (non-hydrogen) atoms. The van der Waals surface area contributed by atoms with Gasteiger partial charge in [-0.05, 0) is 36.8 Å². The van der Waals surface area contributed by atoms with E-state index in [1.54, 1.807) is 47.1 Å². The molecular weight excluding hydrogens is 368 g/mol. The van der Waals surface area contributed by atoms with Gasteiger partial charge >= 0.3 is 0 Å². The summed E-state index contributed by atoms with van der Waals surface area (Å²) in [6.45, 7) is 4.08. The number of aliphatic hydroxyl groups excluding tert-OH is 1. The number of carbonyl (C=O) groups excluding carboxylic acids is 1. The summed E-state index contributed by atoms with van der Waals surface area (Å²) in [4.78, 5) is 23.4. The largest absolute Gasteiger partial charge is 0.394 e. The van der Waals surface area contributed by atoms with Crippen LogP contribution in [-0.4, -0.2) is 50.3 Å². The molecule has 2 N–H and O–H groups in total. The normalized spacial score (nSPS) is 14.9. The molecule has 0 unspecified atom stereocenters. The first-order valence-electron chi connectivity index (χ1n) is 9.93. The summed E-state index contributed by atoms with van der Waals surface area (Å²) >= 11 is 0. The second kappa shape index (κ2) is 7.79. The standard InChI is InChI=1S/C21H26N6O2/c1-13(2)17(12-28)24-18-9-19(26(3)21(29)15-5-4-8-22-10-15)27-20(25-18)16(11-23-27)14-6-7-14/h4-5,8-11,13-14,17,28H,6-7,12H2,1-3H3,(H,24,25)/t17-/m1/s1. The molecule has 152 valence electrons. The van der Waals surface area contributed by atoms with Crippen LogP contribution in [0, 0.1) is 5.92 Å². The van der Waals surface area contributed by atoms with Crippen LogP contribution < -0.4 is 10.2 Å². The SMILES string of the molecule is CC(C)[C@@H](CO)Nc1cc(N(C)C(=O)c2cccnc2)n2ncc(C3CC3)c2n1. The van der Waals surface area contributed by atoms with E-state index in [0.29, 0.717) is 23.1 Å². The first-order chi connectivity index (χ1) is 14.0. The second-order valence-electron chi connectivity index (χ2n) is 7.89. The van der Waals surface area contributed by atoms with Gasteiger partial charge in [-0.2, -0.15) is 9.61 Å². The van der Waals surface area contributed by atoms with Gasteiger partial charge in [-0.3, -0.25) is 14.7 Å². The van der Waals surface area contributed by atoms with E-state index in [4.69, 9.17) is 4.98 Å². The van der Waals surface area contributed by atoms with Crippen molar-refractivity contribution in [1.82, 2.24) is 19.6 Å². The lowest BCUT2D eigenvalue weighted by Gasteiger charge is -2.23. The molecule has 0 aromatic carbocycles. The van der Waals surface area contributed by atoms with Crippen molar-refractivity contribution in [1.29, 1.82) is 0 Å². The zero-order valence-corrected chi connectivity index (χ0v) is 16.9. The maximum atomic E-state index is 13.0. The van der Waals surface area contributed by atoms with Crippen molar-refractivity contribution < 1.29 is 9.90 Å². The Balaban J connectivity index is 1.78. The number of hydrogen-bond donors (Lipinski definition) is 2. The van der Waals surface area contributed by atoms with Crippen molar-refractivity contribution in [2.24, 2.45) is 5.92 Å². The molecule has 0 aliphatic heterocycles. The number of carbonyl (C=O) groups is 1. The Morgan fingerprint density at radius 2 is 2.17 bits per heavy atom. The minimum Gasteiger partial charge on any atom is -0.394 e. The number of aromatic nitrogens is 4. The van der Waals surface area contributed by atoms with Gasteiger partial charge in [-0.25, -0.2) is 4.98 Å². The molecule has 3 aromatic rings. The minimum absolute atomic E-state index is 0.000934. The highest BCUT2D eigenvalue weighted by Crippen LogP contribution is 2.42. The Morgan fingerprint density at radius 3 is 2.79 bits per heavy atom. The molecule has 8 nitrogen and oxygen atoms in total. The van der Waals surface area contributed by atoms with Crippen LogP contribution >= 0.6 is 0 Å². The van der Waals surface area contributed by atoms with Crippen molar-refractivity contribution in [3.63, 3.8) is 0 Å². The van der Waals surface area contributed by atoms with Crippen LogP contribution in [0.15, 0.2) is 36.8 Å². The third kappa shape index (κ3) is 3.80. The van der Waals surface area contributed by atoms with Crippen molar-refractivity contribution in [3.8, 4) is 0 Å². The number of fused-ring (bicyclic) bond motifs is 1. The summed E-state index contributed by atoms with van der Waals surface area (Å²) in [5.74, 6) is 1.75. The van der Waals surface area contributed by atoms with Gasteiger partial charge in [0.15, 0.2) is 5.65 Å². The number of pyridine rings is 1. The predicted octanol–water partition coefficient (Wildman–Crippen LogP) is 2.71. The summed E-state index contributed by atoms with van der Waals surface area (Å²) in [5.41, 5.74) is 2.35. The average molecular weight is 394 g/mol. The van der Waals surface area contributed by atoms with Gasteiger partial charge < -0.3 is 10.4 Å². The molecule has 1 saturated carbocycles. The number of nitrogens with zero attached hydrogens (tertiary/aromatic N) is 5. The quantitative estimate of drug-likeness (QED) is 0.640. The fourth-order valence-corrected chi connectivity index (χ4v) is 3.36. The van der Waals surface area contributed by atoms with Crippen molar-refractivity contribution in [2.75, 3.05) is 23.9 Å². The molecule has 3 heterocycles. The van der Waals surface area contributed by atoms with Crippen molar-refractivity contribution >= 4 is 23.2 Å². The Kier molecular flexibility index (Phi) is 5.19. The summed E-state index contributed by atoms with van der Waals surface area (Å²) in [7, 11) is 1.72. The molecule has 0 radical (unpaired) electrons. The number of aliphatic hydroxyl groups is 1. The highest BCUT2D eigenvalue weighted by atomic mass is 16.3. The molecule has 1 fully saturated rings. The Bertz CT molecular complexity index is 1010. The van der Waals surface area contributed by atoms with E-state index < -0.39 is 0 Å². The molecule has 1 amide bonds. The third-order valence-electron chi connectivity index (χ3n) is 5.39. The van der Waals surface area contributed by atoms with E-state index in [1.165, 1.54) is 0 Å². The lowest BCUT2D eigenvalue weighted by molar-refractivity contribution is 0.0991. The molecule has 0 saturated heterocycles. The first-order valence-corrected chi connectivity index (χ1v) is 9.93. The Hall–Kier alpha value is -3.00. The molecule has 1 aliphatic rings. The molecule has 1 atom stereocenters. The maximum Gasteiger partial charge on any atom is 0.260 e. The molecule has 3 aromatic heterocycles. The fraction of sp³-hybridized carbons (Fsp3) is 0.429. The molecule has 1 aliphatic carbocycles. The highest BCUT2D eigenvalue weighted by molar-refractivity contribution is 6.05. The molecule has 8 heteroatoms. The minimum atomic E-state index is -0.178. The van der Waals surface area contributed by atoms with Crippen LogP contribution in [-0.2, 0) is 0 Å². The lowest BCUT2D eigenvalue weighted by Crippen LogP contribution is -2.31. The monoisotopic (exact) mass is 394 g/mol. The van der Waals surface area contributed by atoms with Gasteiger partial charge in [0.05, 0.1) is 24.4 Å². The Labute approximate surface area is 169 Å². The molecular formula is C21H26N6O2. The van der Waals surface area contributed by atoms with Crippen molar-refractivity contribution in [3.05, 3.63) is 47.9 Å². The highest BCUT2D eigenvalue weighted by Gasteiger charge is 2.29. The summed E-state index contributed by atoms with van der Waals surface area (Å²) in [6, 6.07) is 5.15. The first kappa shape index (κ1) is 19.3. The fourth-order valence-electron chi connectivity index (χ4n) is 3.36. The van der Waals surface area contributed by atoms with Crippen LogP contribution in [0.4, 0.5) is 11.6 Å². The van der Waals surface area contributed by atoms with Gasteiger partial charge in [0, 0.05) is 31.1 Å². The smallest absolute Gasteiger partial charge is 0.260 e. The van der Waals surface area contributed by atoms with Crippen molar-refractivity contribution in [2.45, 2.75) is 38.6 Å². The van der Waals surface area contributed by atoms with Gasteiger partial charge in [0.1, 0.15) is 11.6 Å². The van der Waals surface area contributed by atoms with E-state index in [9.17, 15) is 9.90 Å².